The second kappa shape index (κ2) is 7.33. The number of amides is 2. The predicted molar refractivity (Wildman–Crippen MR) is 100 cm³/mol. The average molecular weight is 353 g/mol. The summed E-state index contributed by atoms with van der Waals surface area (Å²) in [5.74, 6) is -0.0549. The highest BCUT2D eigenvalue weighted by Crippen LogP contribution is 2.29. The first-order valence-corrected chi connectivity index (χ1v) is 9.16. The summed E-state index contributed by atoms with van der Waals surface area (Å²) in [7, 11) is 0. The van der Waals surface area contributed by atoms with Crippen LogP contribution in [0, 0.1) is 11.8 Å². The van der Waals surface area contributed by atoms with Gasteiger partial charge < -0.3 is 15.4 Å². The number of nitrogens with zero attached hydrogens (tertiary/aromatic N) is 1. The van der Waals surface area contributed by atoms with Crippen molar-refractivity contribution in [2.45, 2.75) is 18.9 Å². The summed E-state index contributed by atoms with van der Waals surface area (Å²) in [6, 6.07) is 7.68. The fourth-order valence-corrected chi connectivity index (χ4v) is 3.92. The molecule has 3 unspecified atom stereocenters. The number of cyclic esters (lactones) is 1. The lowest BCUT2D eigenvalue weighted by Crippen LogP contribution is -2.39. The number of hydrogen-bond acceptors (Lipinski definition) is 4. The number of carbonyl (C=O) groups excluding carboxylic acids is 2. The van der Waals surface area contributed by atoms with Crippen LogP contribution in [0.5, 0.6) is 0 Å². The Bertz CT molecular complexity index is 752. The van der Waals surface area contributed by atoms with Gasteiger partial charge in [0.2, 0.25) is 5.91 Å². The number of carbonyl (C=O) groups is 2. The molecule has 6 heteroatoms. The zero-order valence-electron chi connectivity index (χ0n) is 14.6. The third-order valence-corrected chi connectivity index (χ3v) is 5.23. The van der Waals surface area contributed by atoms with E-state index in [9.17, 15) is 9.59 Å². The van der Waals surface area contributed by atoms with E-state index in [0.717, 1.165) is 25.1 Å². The van der Waals surface area contributed by atoms with Gasteiger partial charge in [-0.1, -0.05) is 30.4 Å². The lowest BCUT2D eigenvalue weighted by Gasteiger charge is -2.28. The lowest BCUT2D eigenvalue weighted by molar-refractivity contribution is -0.119. The zero-order valence-corrected chi connectivity index (χ0v) is 14.6. The number of nitrogens with one attached hydrogen (secondary N) is 2. The molecule has 2 heterocycles. The average Bonchev–Trinajstić information content (AvgIpc) is 3.33. The standard InChI is InChI=1S/C20H23N3O3/c24-19(17-8-2-1-7-16(17)18-9-4-10-21-18)22-14-5-3-6-15(13-14)23-11-12-26-20(23)25/h1-3,5-8,13,16-18,21H,4,9-12H2,(H,22,24). The SMILES string of the molecule is O=C(Nc1cccc(N2CCOC2=O)c1)C1C=CC=CC1C1CCCN1. The van der Waals surface area contributed by atoms with Crippen LogP contribution in [0.1, 0.15) is 12.8 Å². The molecule has 0 spiro atoms. The van der Waals surface area contributed by atoms with Crippen molar-refractivity contribution in [1.29, 1.82) is 0 Å². The van der Waals surface area contributed by atoms with Crippen LogP contribution < -0.4 is 15.5 Å². The highest BCUT2D eigenvalue weighted by Gasteiger charge is 2.33. The Kier molecular flexibility index (Phi) is 4.75. The first-order chi connectivity index (χ1) is 12.7. The van der Waals surface area contributed by atoms with Crippen molar-refractivity contribution in [2.24, 2.45) is 11.8 Å². The number of rotatable bonds is 4. The van der Waals surface area contributed by atoms with Crippen molar-refractivity contribution >= 4 is 23.4 Å². The van der Waals surface area contributed by atoms with Gasteiger partial charge in [0.15, 0.2) is 0 Å². The minimum absolute atomic E-state index is 0.0227. The Balaban J connectivity index is 1.48. The van der Waals surface area contributed by atoms with E-state index in [-0.39, 0.29) is 23.8 Å². The third kappa shape index (κ3) is 3.37. The molecule has 2 N–H and O–H groups in total. The van der Waals surface area contributed by atoms with Crippen molar-refractivity contribution in [3.63, 3.8) is 0 Å². The van der Waals surface area contributed by atoms with Gasteiger partial charge in [-0.2, -0.15) is 0 Å². The summed E-state index contributed by atoms with van der Waals surface area (Å²) in [4.78, 5) is 26.2. The van der Waals surface area contributed by atoms with E-state index >= 15 is 0 Å². The molecule has 0 radical (unpaired) electrons. The number of ether oxygens (including phenoxy) is 1. The molecule has 2 saturated heterocycles. The van der Waals surface area contributed by atoms with Gasteiger partial charge in [-0.25, -0.2) is 4.79 Å². The number of hydrogen-bond donors (Lipinski definition) is 2. The Labute approximate surface area is 152 Å². The fourth-order valence-electron chi connectivity index (χ4n) is 3.92. The molecule has 0 aromatic heterocycles. The van der Waals surface area contributed by atoms with Crippen molar-refractivity contribution < 1.29 is 14.3 Å². The monoisotopic (exact) mass is 353 g/mol. The number of allylic oxidation sites excluding steroid dienone is 2. The van der Waals surface area contributed by atoms with Crippen molar-refractivity contribution in [1.82, 2.24) is 5.32 Å². The summed E-state index contributed by atoms with van der Waals surface area (Å²) < 4.78 is 4.98. The van der Waals surface area contributed by atoms with E-state index in [1.165, 1.54) is 0 Å². The van der Waals surface area contributed by atoms with Gasteiger partial charge >= 0.3 is 6.09 Å². The van der Waals surface area contributed by atoms with E-state index in [1.54, 1.807) is 4.90 Å². The van der Waals surface area contributed by atoms with E-state index < -0.39 is 0 Å². The van der Waals surface area contributed by atoms with E-state index in [0.29, 0.717) is 24.9 Å². The van der Waals surface area contributed by atoms with Crippen LogP contribution in [0.3, 0.4) is 0 Å². The minimum Gasteiger partial charge on any atom is -0.447 e. The molecule has 2 amide bonds. The third-order valence-electron chi connectivity index (χ3n) is 5.23. The maximum absolute atomic E-state index is 12.9. The summed E-state index contributed by atoms with van der Waals surface area (Å²) in [6.07, 6.45) is 9.97. The molecule has 136 valence electrons. The Morgan fingerprint density at radius 2 is 2.15 bits per heavy atom. The molecule has 2 fully saturated rings. The molecule has 1 aliphatic carbocycles. The van der Waals surface area contributed by atoms with Crippen LogP contribution in [0.4, 0.5) is 16.2 Å². The summed E-state index contributed by atoms with van der Waals surface area (Å²) >= 11 is 0. The molecule has 1 aromatic rings. The van der Waals surface area contributed by atoms with Gasteiger partial charge in [-0.05, 0) is 37.6 Å². The van der Waals surface area contributed by atoms with Gasteiger partial charge in [0.1, 0.15) is 6.61 Å². The van der Waals surface area contributed by atoms with Crippen LogP contribution in [0.2, 0.25) is 0 Å². The maximum Gasteiger partial charge on any atom is 0.414 e. The van der Waals surface area contributed by atoms with Gasteiger partial charge in [0.25, 0.3) is 0 Å². The molecule has 2 aliphatic heterocycles. The van der Waals surface area contributed by atoms with E-state index in [4.69, 9.17) is 4.74 Å². The molecule has 4 rings (SSSR count). The Morgan fingerprint density at radius 1 is 1.27 bits per heavy atom. The van der Waals surface area contributed by atoms with Crippen LogP contribution in [0.25, 0.3) is 0 Å². The van der Waals surface area contributed by atoms with Gasteiger partial charge in [0, 0.05) is 23.3 Å². The fraction of sp³-hybridized carbons (Fsp3) is 0.400. The smallest absolute Gasteiger partial charge is 0.414 e. The van der Waals surface area contributed by atoms with Gasteiger partial charge in [0.05, 0.1) is 12.5 Å². The maximum atomic E-state index is 12.9. The molecule has 1 aromatic carbocycles. The molecule has 26 heavy (non-hydrogen) atoms. The number of anilines is 2. The summed E-state index contributed by atoms with van der Waals surface area (Å²) in [6.45, 7) is 1.94. The van der Waals surface area contributed by atoms with Crippen molar-refractivity contribution in [2.75, 3.05) is 29.9 Å². The number of benzene rings is 1. The first-order valence-electron chi connectivity index (χ1n) is 9.16. The minimum atomic E-state index is -0.346. The summed E-state index contributed by atoms with van der Waals surface area (Å²) in [5, 5.41) is 6.52. The van der Waals surface area contributed by atoms with E-state index in [2.05, 4.69) is 16.7 Å². The second-order valence-corrected chi connectivity index (χ2v) is 6.88. The first kappa shape index (κ1) is 16.8. The molecule has 3 aliphatic rings. The van der Waals surface area contributed by atoms with Crippen LogP contribution in [-0.2, 0) is 9.53 Å². The quantitative estimate of drug-likeness (QED) is 0.873. The molecule has 0 saturated carbocycles. The predicted octanol–water partition coefficient (Wildman–Crippen LogP) is 2.69. The molecular weight excluding hydrogens is 330 g/mol. The highest BCUT2D eigenvalue weighted by molar-refractivity contribution is 5.96. The normalized spacial score (nSPS) is 27.6. The van der Waals surface area contributed by atoms with Crippen molar-refractivity contribution in [3.05, 3.63) is 48.6 Å². The molecule has 6 nitrogen and oxygen atoms in total. The molecule has 0 bridgehead atoms. The Hall–Kier alpha value is -2.60. The molecular formula is C20H23N3O3. The van der Waals surface area contributed by atoms with Gasteiger partial charge in [-0.3, -0.25) is 9.69 Å². The topological polar surface area (TPSA) is 70.7 Å². The van der Waals surface area contributed by atoms with Gasteiger partial charge in [-0.15, -0.1) is 0 Å². The second-order valence-electron chi connectivity index (χ2n) is 6.88. The van der Waals surface area contributed by atoms with Crippen LogP contribution in [-0.4, -0.2) is 37.7 Å². The zero-order chi connectivity index (χ0) is 17.9. The largest absolute Gasteiger partial charge is 0.447 e. The molecule has 3 atom stereocenters. The van der Waals surface area contributed by atoms with Crippen LogP contribution >= 0.6 is 0 Å². The lowest BCUT2D eigenvalue weighted by atomic mass is 9.81. The van der Waals surface area contributed by atoms with E-state index in [1.807, 2.05) is 42.5 Å². The summed E-state index contributed by atoms with van der Waals surface area (Å²) in [5.41, 5.74) is 1.42. The van der Waals surface area contributed by atoms with Crippen LogP contribution in [0.15, 0.2) is 48.6 Å². The highest BCUT2D eigenvalue weighted by atomic mass is 16.6. The van der Waals surface area contributed by atoms with Crippen molar-refractivity contribution in [3.8, 4) is 0 Å². The Morgan fingerprint density at radius 3 is 2.92 bits per heavy atom.